The molecule has 2 aromatic rings. The van der Waals surface area contributed by atoms with Gasteiger partial charge in [0.2, 0.25) is 5.91 Å². The van der Waals surface area contributed by atoms with Gasteiger partial charge in [0.25, 0.3) is 0 Å². The number of hydrogen-bond donors (Lipinski definition) is 0. The first kappa shape index (κ1) is 20.0. The first-order valence-corrected chi connectivity index (χ1v) is 9.18. The van der Waals surface area contributed by atoms with Crippen LogP contribution in [0.5, 0.6) is 0 Å². The Balaban J connectivity index is 1.99. The fourth-order valence-electron chi connectivity index (χ4n) is 2.66. The molecule has 0 radical (unpaired) electrons. The number of amides is 1. The zero-order valence-electron chi connectivity index (χ0n) is 15.0. The molecule has 0 aliphatic carbocycles. The van der Waals surface area contributed by atoms with E-state index in [0.29, 0.717) is 37.6 Å². The lowest BCUT2D eigenvalue weighted by atomic mass is 10.1. The topological polar surface area (TPSA) is 46.6 Å². The summed E-state index contributed by atoms with van der Waals surface area (Å²) in [6.07, 6.45) is 1.11. The van der Waals surface area contributed by atoms with E-state index >= 15 is 0 Å². The molecule has 1 amide bonds. The first-order chi connectivity index (χ1) is 12.6. The molecule has 4 nitrogen and oxygen atoms in total. The lowest BCUT2D eigenvalue weighted by Gasteiger charge is -2.23. The van der Waals surface area contributed by atoms with E-state index in [1.807, 2.05) is 54.6 Å². The van der Waals surface area contributed by atoms with E-state index < -0.39 is 0 Å². The van der Waals surface area contributed by atoms with E-state index in [2.05, 4.69) is 0 Å². The summed E-state index contributed by atoms with van der Waals surface area (Å²) >= 11 is 6.17. The van der Waals surface area contributed by atoms with Gasteiger partial charge in [0, 0.05) is 24.5 Å². The monoisotopic (exact) mass is 373 g/mol. The zero-order valence-corrected chi connectivity index (χ0v) is 15.7. The Morgan fingerprint density at radius 3 is 2.38 bits per heavy atom. The second kappa shape index (κ2) is 10.6. The summed E-state index contributed by atoms with van der Waals surface area (Å²) in [5.41, 5.74) is 1.98. The highest BCUT2D eigenvalue weighted by Crippen LogP contribution is 2.17. The third-order valence-corrected chi connectivity index (χ3v) is 4.39. The molecule has 0 atom stereocenters. The van der Waals surface area contributed by atoms with Gasteiger partial charge >= 0.3 is 5.97 Å². The van der Waals surface area contributed by atoms with Crippen LogP contribution in [0, 0.1) is 0 Å². The molecule has 0 N–H and O–H groups in total. The minimum Gasteiger partial charge on any atom is -0.466 e. The number of hydrogen-bond acceptors (Lipinski definition) is 3. The van der Waals surface area contributed by atoms with Crippen molar-refractivity contribution < 1.29 is 14.3 Å². The zero-order chi connectivity index (χ0) is 18.8. The highest BCUT2D eigenvalue weighted by atomic mass is 35.5. The Hall–Kier alpha value is -2.33. The molecule has 2 rings (SSSR count). The van der Waals surface area contributed by atoms with Crippen molar-refractivity contribution in [3.63, 3.8) is 0 Å². The average Bonchev–Trinajstić information content (AvgIpc) is 2.65. The number of carbonyl (C=O) groups is 2. The number of halogens is 1. The van der Waals surface area contributed by atoms with Crippen LogP contribution in [0.25, 0.3) is 0 Å². The Morgan fingerprint density at radius 1 is 1.00 bits per heavy atom. The van der Waals surface area contributed by atoms with E-state index in [0.717, 1.165) is 11.1 Å². The van der Waals surface area contributed by atoms with Crippen molar-refractivity contribution in [3.05, 3.63) is 70.7 Å². The molecule has 0 saturated heterocycles. The number of esters is 1. The first-order valence-electron chi connectivity index (χ1n) is 8.81. The third kappa shape index (κ3) is 6.52. The third-order valence-electron chi connectivity index (χ3n) is 4.03. The molecule has 0 unspecified atom stereocenters. The second-order valence-electron chi connectivity index (χ2n) is 5.95. The standard InChI is InChI=1S/C21H24ClNO3/c1-2-26-21(25)14-15-23(16-17-8-4-3-5-9-17)20(24)13-12-18-10-6-7-11-19(18)22/h3-11H,2,12-16H2,1H3. The van der Waals surface area contributed by atoms with Crippen LogP contribution in [0.2, 0.25) is 5.02 Å². The molecule has 5 heteroatoms. The molecule has 0 heterocycles. The summed E-state index contributed by atoms with van der Waals surface area (Å²) in [7, 11) is 0. The smallest absolute Gasteiger partial charge is 0.307 e. The van der Waals surface area contributed by atoms with Crippen LogP contribution < -0.4 is 0 Å². The number of aryl methyl sites for hydroxylation is 1. The van der Waals surface area contributed by atoms with Gasteiger partial charge in [0.1, 0.15) is 0 Å². The average molecular weight is 374 g/mol. The Labute approximate surface area is 159 Å². The summed E-state index contributed by atoms with van der Waals surface area (Å²) in [6, 6.07) is 17.3. The van der Waals surface area contributed by atoms with Crippen molar-refractivity contribution >= 4 is 23.5 Å². The number of nitrogens with zero attached hydrogens (tertiary/aromatic N) is 1. The fourth-order valence-corrected chi connectivity index (χ4v) is 2.89. The molecule has 0 fully saturated rings. The van der Waals surface area contributed by atoms with Crippen LogP contribution in [0.15, 0.2) is 54.6 Å². The highest BCUT2D eigenvalue weighted by Gasteiger charge is 2.16. The Kier molecular flexibility index (Phi) is 8.16. The molecule has 0 aliphatic heterocycles. The minimum atomic E-state index is -0.288. The van der Waals surface area contributed by atoms with Crippen LogP contribution in [0.4, 0.5) is 0 Å². The van der Waals surface area contributed by atoms with Crippen molar-refractivity contribution in [2.24, 2.45) is 0 Å². The van der Waals surface area contributed by atoms with Crippen LogP contribution in [-0.2, 0) is 27.3 Å². The summed E-state index contributed by atoms with van der Waals surface area (Å²) in [5, 5.41) is 0.668. The van der Waals surface area contributed by atoms with Crippen LogP contribution in [0.3, 0.4) is 0 Å². The highest BCUT2D eigenvalue weighted by molar-refractivity contribution is 6.31. The SMILES string of the molecule is CCOC(=O)CCN(Cc1ccccc1)C(=O)CCc1ccccc1Cl. The van der Waals surface area contributed by atoms with E-state index in [1.54, 1.807) is 11.8 Å². The number of ether oxygens (including phenoxy) is 1. The molecular formula is C21H24ClNO3. The van der Waals surface area contributed by atoms with Gasteiger partial charge in [-0.2, -0.15) is 0 Å². The van der Waals surface area contributed by atoms with Crippen molar-refractivity contribution in [2.45, 2.75) is 32.7 Å². The maximum absolute atomic E-state index is 12.7. The molecule has 0 bridgehead atoms. The summed E-state index contributed by atoms with van der Waals surface area (Å²) in [6.45, 7) is 2.93. The lowest BCUT2D eigenvalue weighted by molar-refractivity contribution is -0.144. The van der Waals surface area contributed by atoms with Gasteiger partial charge in [-0.15, -0.1) is 0 Å². The van der Waals surface area contributed by atoms with Gasteiger partial charge in [-0.05, 0) is 30.5 Å². The quantitative estimate of drug-likeness (QED) is 0.617. The largest absolute Gasteiger partial charge is 0.466 e. The van der Waals surface area contributed by atoms with Crippen molar-refractivity contribution in [1.29, 1.82) is 0 Å². The predicted octanol–water partition coefficient (Wildman–Crippen LogP) is 4.25. The van der Waals surface area contributed by atoms with Crippen LogP contribution >= 0.6 is 11.6 Å². The van der Waals surface area contributed by atoms with Gasteiger partial charge in [-0.25, -0.2) is 0 Å². The Morgan fingerprint density at radius 2 is 1.69 bits per heavy atom. The predicted molar refractivity (Wildman–Crippen MR) is 103 cm³/mol. The second-order valence-corrected chi connectivity index (χ2v) is 6.35. The van der Waals surface area contributed by atoms with Gasteiger partial charge < -0.3 is 9.64 Å². The van der Waals surface area contributed by atoms with E-state index in [-0.39, 0.29) is 18.3 Å². The normalized spacial score (nSPS) is 10.4. The van der Waals surface area contributed by atoms with Gasteiger partial charge in [-0.3, -0.25) is 9.59 Å². The van der Waals surface area contributed by atoms with Gasteiger partial charge in [0.15, 0.2) is 0 Å². The number of rotatable bonds is 9. The molecule has 0 aliphatic rings. The molecule has 2 aromatic carbocycles. The summed E-state index contributed by atoms with van der Waals surface area (Å²) in [4.78, 5) is 26.1. The van der Waals surface area contributed by atoms with Crippen molar-refractivity contribution in [2.75, 3.05) is 13.2 Å². The number of carbonyl (C=O) groups excluding carboxylic acids is 2. The van der Waals surface area contributed by atoms with E-state index in [1.165, 1.54) is 0 Å². The molecule has 0 spiro atoms. The van der Waals surface area contributed by atoms with E-state index in [9.17, 15) is 9.59 Å². The van der Waals surface area contributed by atoms with Crippen molar-refractivity contribution in [1.82, 2.24) is 4.90 Å². The maximum atomic E-state index is 12.7. The van der Waals surface area contributed by atoms with Gasteiger partial charge in [-0.1, -0.05) is 60.1 Å². The van der Waals surface area contributed by atoms with E-state index in [4.69, 9.17) is 16.3 Å². The molecule has 0 aromatic heterocycles. The van der Waals surface area contributed by atoms with Crippen LogP contribution in [-0.4, -0.2) is 29.9 Å². The lowest BCUT2D eigenvalue weighted by Crippen LogP contribution is -2.33. The summed E-state index contributed by atoms with van der Waals surface area (Å²) in [5.74, 6) is -0.289. The molecule has 138 valence electrons. The van der Waals surface area contributed by atoms with Gasteiger partial charge in [0.05, 0.1) is 13.0 Å². The molecule has 0 saturated carbocycles. The van der Waals surface area contributed by atoms with Crippen LogP contribution in [0.1, 0.15) is 30.9 Å². The maximum Gasteiger partial charge on any atom is 0.307 e. The molecule has 26 heavy (non-hydrogen) atoms. The molecular weight excluding hydrogens is 350 g/mol. The Bertz CT molecular complexity index is 718. The summed E-state index contributed by atoms with van der Waals surface area (Å²) < 4.78 is 4.97. The van der Waals surface area contributed by atoms with Crippen molar-refractivity contribution in [3.8, 4) is 0 Å². The number of benzene rings is 2. The minimum absolute atomic E-state index is 0.00179. The fraction of sp³-hybridized carbons (Fsp3) is 0.333.